The molecule has 0 unspecified atom stereocenters. The van der Waals surface area contributed by atoms with Gasteiger partial charge in [0.2, 0.25) is 0 Å². The number of halogens is 1. The Morgan fingerprint density at radius 2 is 1.96 bits per heavy atom. The van der Waals surface area contributed by atoms with E-state index in [0.29, 0.717) is 18.3 Å². The average molecular weight is 458 g/mol. The molecule has 138 valence electrons. The van der Waals surface area contributed by atoms with Crippen LogP contribution < -0.4 is 21.1 Å². The van der Waals surface area contributed by atoms with Gasteiger partial charge in [-0.25, -0.2) is 0 Å². The second-order valence-corrected chi connectivity index (χ2v) is 5.69. The van der Waals surface area contributed by atoms with Crippen LogP contribution in [0.2, 0.25) is 0 Å². The molecule has 2 rings (SSSR count). The lowest BCUT2D eigenvalue weighted by atomic mass is 10.1. The molecule has 0 bridgehead atoms. The molecule has 1 aliphatic carbocycles. The molecule has 25 heavy (non-hydrogen) atoms. The van der Waals surface area contributed by atoms with Gasteiger partial charge in [-0.15, -0.1) is 24.0 Å². The lowest BCUT2D eigenvalue weighted by Gasteiger charge is -2.16. The standard InChI is InChI=1S/C18H26N4O2.HI/c1-2-20-18(22-15-5-3-4-6-15)21-12-11-14-7-9-16(10-8-14)24-13-17(19)23;/h3-4,7-10,15H,2,5-6,11-13H2,1H3,(H2,19,23)(H2,20,21,22);1H. The quantitative estimate of drug-likeness (QED) is 0.241. The Morgan fingerprint density at radius 3 is 2.56 bits per heavy atom. The summed E-state index contributed by atoms with van der Waals surface area (Å²) in [6.45, 7) is 3.52. The van der Waals surface area contributed by atoms with Crippen LogP contribution in [0.25, 0.3) is 0 Å². The molecule has 1 aromatic carbocycles. The fourth-order valence-corrected chi connectivity index (χ4v) is 2.45. The number of hydrogen-bond acceptors (Lipinski definition) is 3. The van der Waals surface area contributed by atoms with Crippen molar-refractivity contribution in [3.63, 3.8) is 0 Å². The second kappa shape index (κ2) is 11.7. The van der Waals surface area contributed by atoms with Crippen LogP contribution in [0, 0.1) is 0 Å². The van der Waals surface area contributed by atoms with Crippen LogP contribution in [0.1, 0.15) is 25.3 Å². The molecule has 1 aliphatic rings. The fraction of sp³-hybridized carbons (Fsp3) is 0.444. The van der Waals surface area contributed by atoms with Crippen molar-refractivity contribution < 1.29 is 9.53 Å². The Hall–Kier alpha value is -1.77. The highest BCUT2D eigenvalue weighted by Gasteiger charge is 2.11. The van der Waals surface area contributed by atoms with Gasteiger partial charge >= 0.3 is 0 Å². The average Bonchev–Trinajstić information content (AvgIpc) is 3.07. The number of carbonyl (C=O) groups excluding carboxylic acids is 1. The number of aliphatic imine (C=N–C) groups is 1. The van der Waals surface area contributed by atoms with Crippen LogP contribution in [0.15, 0.2) is 41.4 Å². The molecule has 0 aromatic heterocycles. The first-order valence-electron chi connectivity index (χ1n) is 8.37. The van der Waals surface area contributed by atoms with Gasteiger partial charge in [-0.3, -0.25) is 9.79 Å². The highest BCUT2D eigenvalue weighted by Crippen LogP contribution is 2.12. The maximum Gasteiger partial charge on any atom is 0.255 e. The molecule has 0 atom stereocenters. The van der Waals surface area contributed by atoms with Crippen molar-refractivity contribution >= 4 is 35.8 Å². The minimum absolute atomic E-state index is 0. The number of nitrogens with zero attached hydrogens (tertiary/aromatic N) is 1. The van der Waals surface area contributed by atoms with E-state index < -0.39 is 5.91 Å². The Morgan fingerprint density at radius 1 is 1.28 bits per heavy atom. The summed E-state index contributed by atoms with van der Waals surface area (Å²) in [6.07, 6.45) is 7.34. The molecule has 0 saturated carbocycles. The molecule has 4 N–H and O–H groups in total. The lowest BCUT2D eigenvalue weighted by Crippen LogP contribution is -2.42. The van der Waals surface area contributed by atoms with Gasteiger partial charge in [0.25, 0.3) is 5.91 Å². The van der Waals surface area contributed by atoms with Gasteiger partial charge in [0, 0.05) is 19.1 Å². The number of benzene rings is 1. The van der Waals surface area contributed by atoms with Crippen LogP contribution in [0.4, 0.5) is 0 Å². The number of primary amides is 1. The normalized spacial score (nSPS) is 14.0. The van der Waals surface area contributed by atoms with Crippen molar-refractivity contribution in [3.05, 3.63) is 42.0 Å². The van der Waals surface area contributed by atoms with E-state index in [4.69, 9.17) is 10.5 Å². The molecule has 0 heterocycles. The third kappa shape index (κ3) is 8.24. The fourth-order valence-electron chi connectivity index (χ4n) is 2.45. The molecular formula is C18H27IN4O2. The number of rotatable bonds is 8. The third-order valence-electron chi connectivity index (χ3n) is 3.67. The molecule has 0 fully saturated rings. The van der Waals surface area contributed by atoms with Crippen molar-refractivity contribution in [2.24, 2.45) is 10.7 Å². The first kappa shape index (κ1) is 21.3. The molecule has 0 saturated heterocycles. The molecule has 0 spiro atoms. The van der Waals surface area contributed by atoms with Gasteiger partial charge < -0.3 is 21.1 Å². The SMILES string of the molecule is CCNC(=NCCc1ccc(OCC(N)=O)cc1)NC1CC=CC1.I. The Balaban J connectivity index is 0.00000312. The Kier molecular flexibility index (Phi) is 9.98. The molecule has 1 aromatic rings. The Labute approximate surface area is 166 Å². The van der Waals surface area contributed by atoms with Crippen molar-refractivity contribution in [1.82, 2.24) is 10.6 Å². The summed E-state index contributed by atoms with van der Waals surface area (Å²) in [5, 5.41) is 6.73. The maximum atomic E-state index is 10.7. The van der Waals surface area contributed by atoms with Gasteiger partial charge in [0.15, 0.2) is 12.6 Å². The van der Waals surface area contributed by atoms with Crippen molar-refractivity contribution in [1.29, 1.82) is 0 Å². The van der Waals surface area contributed by atoms with E-state index in [1.54, 1.807) is 0 Å². The summed E-state index contributed by atoms with van der Waals surface area (Å²) in [4.78, 5) is 15.3. The monoisotopic (exact) mass is 458 g/mol. The number of nitrogens with two attached hydrogens (primary N) is 1. The minimum atomic E-state index is -0.477. The molecule has 1 amide bonds. The van der Waals surface area contributed by atoms with E-state index in [-0.39, 0.29) is 30.6 Å². The van der Waals surface area contributed by atoms with Crippen molar-refractivity contribution in [2.45, 2.75) is 32.2 Å². The maximum absolute atomic E-state index is 10.7. The number of guanidine groups is 1. The van der Waals surface area contributed by atoms with Gasteiger partial charge in [-0.05, 0) is 43.9 Å². The molecule has 7 heteroatoms. The van der Waals surface area contributed by atoms with Crippen LogP contribution in [0.3, 0.4) is 0 Å². The molecular weight excluding hydrogens is 431 g/mol. The lowest BCUT2D eigenvalue weighted by molar-refractivity contribution is -0.119. The smallest absolute Gasteiger partial charge is 0.255 e. The van der Waals surface area contributed by atoms with E-state index in [2.05, 4.69) is 34.7 Å². The Bertz CT molecular complexity index is 579. The van der Waals surface area contributed by atoms with Gasteiger partial charge in [-0.2, -0.15) is 0 Å². The number of amides is 1. The third-order valence-corrected chi connectivity index (χ3v) is 3.67. The van der Waals surface area contributed by atoms with Crippen molar-refractivity contribution in [3.8, 4) is 5.75 Å². The molecule has 6 nitrogen and oxygen atoms in total. The van der Waals surface area contributed by atoms with E-state index >= 15 is 0 Å². The van der Waals surface area contributed by atoms with E-state index in [9.17, 15) is 4.79 Å². The predicted molar refractivity (Wildman–Crippen MR) is 112 cm³/mol. The van der Waals surface area contributed by atoms with Gasteiger partial charge in [0.1, 0.15) is 5.75 Å². The highest BCUT2D eigenvalue weighted by molar-refractivity contribution is 14.0. The predicted octanol–water partition coefficient (Wildman–Crippen LogP) is 1.98. The number of nitrogens with one attached hydrogen (secondary N) is 2. The highest BCUT2D eigenvalue weighted by atomic mass is 127. The van der Waals surface area contributed by atoms with Gasteiger partial charge in [-0.1, -0.05) is 24.3 Å². The topological polar surface area (TPSA) is 88.7 Å². The number of carbonyl (C=O) groups is 1. The van der Waals surface area contributed by atoms with E-state index in [1.807, 2.05) is 24.3 Å². The number of ether oxygens (including phenoxy) is 1. The minimum Gasteiger partial charge on any atom is -0.484 e. The summed E-state index contributed by atoms with van der Waals surface area (Å²) in [6, 6.07) is 8.09. The van der Waals surface area contributed by atoms with Crippen LogP contribution in [0.5, 0.6) is 5.75 Å². The van der Waals surface area contributed by atoms with E-state index in [1.165, 1.54) is 5.56 Å². The largest absolute Gasteiger partial charge is 0.484 e. The summed E-state index contributed by atoms with van der Waals surface area (Å²) < 4.78 is 5.24. The van der Waals surface area contributed by atoms with Crippen molar-refractivity contribution in [2.75, 3.05) is 19.7 Å². The zero-order chi connectivity index (χ0) is 17.2. The van der Waals surface area contributed by atoms with Crippen LogP contribution in [-0.4, -0.2) is 37.6 Å². The van der Waals surface area contributed by atoms with Crippen LogP contribution in [-0.2, 0) is 11.2 Å². The first-order valence-corrected chi connectivity index (χ1v) is 8.37. The summed E-state index contributed by atoms with van der Waals surface area (Å²) in [5.74, 6) is 1.03. The summed E-state index contributed by atoms with van der Waals surface area (Å²) in [7, 11) is 0. The van der Waals surface area contributed by atoms with E-state index in [0.717, 1.165) is 31.8 Å². The summed E-state index contributed by atoms with van der Waals surface area (Å²) in [5.41, 5.74) is 6.22. The van der Waals surface area contributed by atoms with Crippen LogP contribution >= 0.6 is 24.0 Å². The first-order chi connectivity index (χ1) is 11.7. The second-order valence-electron chi connectivity index (χ2n) is 5.69. The molecule has 0 aliphatic heterocycles. The number of hydrogen-bond donors (Lipinski definition) is 3. The van der Waals surface area contributed by atoms with Gasteiger partial charge in [0.05, 0.1) is 0 Å². The summed E-state index contributed by atoms with van der Waals surface area (Å²) >= 11 is 0. The zero-order valence-corrected chi connectivity index (χ0v) is 16.9. The molecule has 0 radical (unpaired) electrons. The zero-order valence-electron chi connectivity index (χ0n) is 14.5.